The van der Waals surface area contributed by atoms with Crippen LogP contribution in [-0.2, 0) is 0 Å². The van der Waals surface area contributed by atoms with Crippen LogP contribution < -0.4 is 10.5 Å². The first-order chi connectivity index (χ1) is 5.66. The van der Waals surface area contributed by atoms with Gasteiger partial charge in [0, 0.05) is 10.7 Å². The molecule has 0 bridgehead atoms. The van der Waals surface area contributed by atoms with Gasteiger partial charge in [-0.15, -0.1) is 0 Å². The highest BCUT2D eigenvalue weighted by Gasteiger charge is 2.09. The lowest BCUT2D eigenvalue weighted by molar-refractivity contribution is 0.412. The van der Waals surface area contributed by atoms with Gasteiger partial charge in [-0.2, -0.15) is 0 Å². The van der Waals surface area contributed by atoms with Gasteiger partial charge in [-0.05, 0) is 15.9 Å². The van der Waals surface area contributed by atoms with Crippen molar-refractivity contribution < 1.29 is 4.74 Å². The van der Waals surface area contributed by atoms with Crippen LogP contribution in [0.5, 0.6) is 5.75 Å². The summed E-state index contributed by atoms with van der Waals surface area (Å²) < 4.78 is 5.77. The Bertz CT molecular complexity index is 316. The predicted molar refractivity (Wildman–Crippen MR) is 54.4 cm³/mol. The van der Waals surface area contributed by atoms with Crippen molar-refractivity contribution >= 4 is 33.1 Å². The van der Waals surface area contributed by atoms with Gasteiger partial charge in [0.15, 0.2) is 0 Å². The Labute approximate surface area is 84.1 Å². The van der Waals surface area contributed by atoms with Crippen LogP contribution in [0, 0.1) is 0 Å². The Morgan fingerprint density at radius 2 is 2.33 bits per heavy atom. The molecule has 0 amide bonds. The number of aromatic nitrogens is 1. The second-order valence-electron chi connectivity index (χ2n) is 2.06. The van der Waals surface area contributed by atoms with Crippen molar-refractivity contribution in [3.05, 3.63) is 22.4 Å². The number of thiocarbonyl (C=S) groups is 1. The van der Waals surface area contributed by atoms with Crippen molar-refractivity contribution in [3.63, 3.8) is 0 Å². The topological polar surface area (TPSA) is 48.1 Å². The number of pyridine rings is 1. The third kappa shape index (κ3) is 1.73. The minimum absolute atomic E-state index is 0.293. The Hall–Kier alpha value is -0.680. The molecule has 0 spiro atoms. The van der Waals surface area contributed by atoms with Crippen LogP contribution in [0.4, 0.5) is 0 Å². The van der Waals surface area contributed by atoms with Gasteiger partial charge in [0.25, 0.3) is 0 Å². The van der Waals surface area contributed by atoms with Crippen LogP contribution in [-0.4, -0.2) is 17.1 Å². The highest BCUT2D eigenvalue weighted by molar-refractivity contribution is 9.10. The molecule has 12 heavy (non-hydrogen) atoms. The largest absolute Gasteiger partial charge is 0.494 e. The molecule has 64 valence electrons. The zero-order valence-corrected chi connectivity index (χ0v) is 8.78. The molecule has 0 atom stereocenters. The van der Waals surface area contributed by atoms with Crippen molar-refractivity contribution in [1.29, 1.82) is 0 Å². The molecule has 0 aliphatic rings. The van der Waals surface area contributed by atoms with E-state index in [0.29, 0.717) is 16.3 Å². The second-order valence-corrected chi connectivity index (χ2v) is 3.36. The fourth-order valence-corrected chi connectivity index (χ4v) is 1.68. The van der Waals surface area contributed by atoms with Gasteiger partial charge in [-0.3, -0.25) is 4.98 Å². The molecule has 0 aromatic carbocycles. The molecule has 1 heterocycles. The minimum Gasteiger partial charge on any atom is -0.494 e. The van der Waals surface area contributed by atoms with E-state index in [1.54, 1.807) is 19.5 Å². The third-order valence-corrected chi connectivity index (χ3v) is 2.14. The maximum absolute atomic E-state index is 5.48. The van der Waals surface area contributed by atoms with Crippen molar-refractivity contribution in [2.45, 2.75) is 0 Å². The SMILES string of the molecule is COc1cncc(Br)c1C(N)=S. The fourth-order valence-electron chi connectivity index (χ4n) is 0.811. The lowest BCUT2D eigenvalue weighted by Gasteiger charge is -2.07. The van der Waals surface area contributed by atoms with Crippen LogP contribution >= 0.6 is 28.1 Å². The number of hydrogen-bond donors (Lipinski definition) is 1. The van der Waals surface area contributed by atoms with Gasteiger partial charge in [-0.25, -0.2) is 0 Å². The van der Waals surface area contributed by atoms with Crippen LogP contribution in [0.3, 0.4) is 0 Å². The smallest absolute Gasteiger partial charge is 0.148 e. The summed E-state index contributed by atoms with van der Waals surface area (Å²) in [6.45, 7) is 0. The average Bonchev–Trinajstić information content (AvgIpc) is 2.03. The van der Waals surface area contributed by atoms with E-state index in [9.17, 15) is 0 Å². The monoisotopic (exact) mass is 246 g/mol. The Morgan fingerprint density at radius 1 is 1.67 bits per heavy atom. The highest BCUT2D eigenvalue weighted by atomic mass is 79.9. The zero-order chi connectivity index (χ0) is 9.14. The van der Waals surface area contributed by atoms with Crippen LogP contribution in [0.25, 0.3) is 0 Å². The molecule has 0 aliphatic carbocycles. The number of nitrogens with zero attached hydrogens (tertiary/aromatic N) is 1. The molecule has 0 unspecified atom stereocenters. The van der Waals surface area contributed by atoms with Gasteiger partial charge in [0.05, 0.1) is 18.9 Å². The van der Waals surface area contributed by atoms with Gasteiger partial charge < -0.3 is 10.5 Å². The summed E-state index contributed by atoms with van der Waals surface area (Å²) in [5.41, 5.74) is 6.17. The second kappa shape index (κ2) is 3.82. The molecule has 2 N–H and O–H groups in total. The van der Waals surface area contributed by atoms with Crippen LogP contribution in [0.2, 0.25) is 0 Å². The van der Waals surface area contributed by atoms with Crippen molar-refractivity contribution in [3.8, 4) is 5.75 Å². The van der Waals surface area contributed by atoms with Gasteiger partial charge in [-0.1, -0.05) is 12.2 Å². The summed E-state index contributed by atoms with van der Waals surface area (Å²) in [7, 11) is 1.55. The van der Waals surface area contributed by atoms with E-state index in [4.69, 9.17) is 22.7 Å². The maximum atomic E-state index is 5.48. The molecule has 0 aliphatic heterocycles. The Morgan fingerprint density at radius 3 is 2.75 bits per heavy atom. The number of rotatable bonds is 2. The van der Waals surface area contributed by atoms with Gasteiger partial charge in [0.2, 0.25) is 0 Å². The summed E-state index contributed by atoms with van der Waals surface area (Å²) in [6, 6.07) is 0. The highest BCUT2D eigenvalue weighted by Crippen LogP contribution is 2.24. The molecule has 1 aromatic heterocycles. The summed E-state index contributed by atoms with van der Waals surface area (Å²) in [4.78, 5) is 4.20. The number of halogens is 1. The van der Waals surface area contributed by atoms with Crippen molar-refractivity contribution in [1.82, 2.24) is 4.98 Å². The molecule has 0 fully saturated rings. The third-order valence-electron chi connectivity index (χ3n) is 1.33. The van der Waals surface area contributed by atoms with E-state index in [2.05, 4.69) is 20.9 Å². The Balaban J connectivity index is 3.29. The standard InChI is InChI=1S/C7H7BrN2OS/c1-11-5-3-10-2-4(8)6(5)7(9)12/h2-3H,1H3,(H2,9,12). The van der Waals surface area contributed by atoms with Crippen molar-refractivity contribution in [2.24, 2.45) is 5.73 Å². The quantitative estimate of drug-likeness (QED) is 0.804. The average molecular weight is 247 g/mol. The maximum Gasteiger partial charge on any atom is 0.148 e. The summed E-state index contributed by atoms with van der Waals surface area (Å²) in [5.74, 6) is 0.580. The Kier molecular flexibility index (Phi) is 2.99. The summed E-state index contributed by atoms with van der Waals surface area (Å²) in [5, 5.41) is 0. The van der Waals surface area contributed by atoms with E-state index >= 15 is 0 Å². The lowest BCUT2D eigenvalue weighted by Crippen LogP contribution is -2.12. The molecule has 3 nitrogen and oxygen atoms in total. The first-order valence-electron chi connectivity index (χ1n) is 3.14. The number of nitrogens with two attached hydrogens (primary N) is 1. The van der Waals surface area contributed by atoms with Crippen LogP contribution in [0.15, 0.2) is 16.9 Å². The van der Waals surface area contributed by atoms with Gasteiger partial charge in [0.1, 0.15) is 10.7 Å². The molecule has 5 heteroatoms. The molecule has 0 saturated heterocycles. The first-order valence-corrected chi connectivity index (χ1v) is 4.34. The molecular weight excluding hydrogens is 240 g/mol. The minimum atomic E-state index is 0.293. The normalized spacial score (nSPS) is 9.50. The number of methoxy groups -OCH3 is 1. The summed E-state index contributed by atoms with van der Waals surface area (Å²) in [6.07, 6.45) is 3.19. The van der Waals surface area contributed by atoms with E-state index in [0.717, 1.165) is 4.47 Å². The van der Waals surface area contributed by atoms with Crippen molar-refractivity contribution in [2.75, 3.05) is 7.11 Å². The fraction of sp³-hybridized carbons (Fsp3) is 0.143. The van der Waals surface area contributed by atoms with E-state index < -0.39 is 0 Å². The number of hydrogen-bond acceptors (Lipinski definition) is 3. The van der Waals surface area contributed by atoms with Gasteiger partial charge >= 0.3 is 0 Å². The van der Waals surface area contributed by atoms with Crippen LogP contribution in [0.1, 0.15) is 5.56 Å². The first kappa shape index (κ1) is 9.41. The van der Waals surface area contributed by atoms with E-state index in [1.165, 1.54) is 0 Å². The lowest BCUT2D eigenvalue weighted by atomic mass is 10.2. The predicted octanol–water partition coefficient (Wildman–Crippen LogP) is 1.49. The molecule has 1 aromatic rings. The molecule has 0 radical (unpaired) electrons. The zero-order valence-electron chi connectivity index (χ0n) is 6.37. The number of ether oxygens (including phenoxy) is 1. The summed E-state index contributed by atoms with van der Waals surface area (Å²) >= 11 is 8.12. The molecular formula is C7H7BrN2OS. The van der Waals surface area contributed by atoms with E-state index in [1.807, 2.05) is 0 Å². The van der Waals surface area contributed by atoms with E-state index in [-0.39, 0.29) is 0 Å². The molecule has 0 saturated carbocycles. The molecule has 1 rings (SSSR count).